The van der Waals surface area contributed by atoms with Crippen LogP contribution in [0.15, 0.2) is 77.7 Å². The molecule has 3 aromatic carbocycles. The summed E-state index contributed by atoms with van der Waals surface area (Å²) in [6.45, 7) is 0. The van der Waals surface area contributed by atoms with E-state index in [4.69, 9.17) is 21.7 Å². The molecule has 3 N–H and O–H groups in total. The highest BCUT2D eigenvalue weighted by Crippen LogP contribution is 2.20. The van der Waals surface area contributed by atoms with E-state index >= 15 is 0 Å². The molecule has 0 fully saturated rings. The van der Waals surface area contributed by atoms with Gasteiger partial charge in [0, 0.05) is 11.4 Å². The van der Waals surface area contributed by atoms with Crippen LogP contribution in [0.4, 0.5) is 11.4 Å². The van der Waals surface area contributed by atoms with Gasteiger partial charge in [0.05, 0.1) is 25.5 Å². The van der Waals surface area contributed by atoms with Gasteiger partial charge in [-0.1, -0.05) is 12.1 Å². The number of benzene rings is 3. The number of sulfonamides is 1. The summed E-state index contributed by atoms with van der Waals surface area (Å²) in [5.41, 5.74) is 1.77. The molecule has 0 atom stereocenters. The number of hydrogen-bond acceptors (Lipinski definition) is 6. The molecule has 0 aliphatic heterocycles. The monoisotopic (exact) mass is 485 g/mol. The second-order valence-corrected chi connectivity index (χ2v) is 8.98. The zero-order valence-corrected chi connectivity index (χ0v) is 19.6. The van der Waals surface area contributed by atoms with Gasteiger partial charge >= 0.3 is 0 Å². The molecular formula is C23H23N3O5S2. The fourth-order valence-electron chi connectivity index (χ4n) is 2.85. The third kappa shape index (κ3) is 6.93. The zero-order chi connectivity index (χ0) is 23.8. The van der Waals surface area contributed by atoms with Crippen LogP contribution in [0.25, 0.3) is 0 Å². The number of thiocarbonyl (C=S) groups is 1. The van der Waals surface area contributed by atoms with Crippen LogP contribution in [0, 0.1) is 0 Å². The number of ether oxygens (including phenoxy) is 2. The van der Waals surface area contributed by atoms with Crippen molar-refractivity contribution in [2.75, 3.05) is 24.3 Å². The Bertz CT molecular complexity index is 1210. The Morgan fingerprint density at radius 2 is 1.33 bits per heavy atom. The van der Waals surface area contributed by atoms with Crippen LogP contribution in [-0.2, 0) is 21.2 Å². The van der Waals surface area contributed by atoms with Crippen molar-refractivity contribution >= 4 is 44.6 Å². The van der Waals surface area contributed by atoms with E-state index in [1.165, 1.54) is 19.2 Å². The summed E-state index contributed by atoms with van der Waals surface area (Å²) in [6.07, 6.45) is 0.153. The van der Waals surface area contributed by atoms with Crippen LogP contribution in [-0.4, -0.2) is 33.7 Å². The molecule has 0 spiro atoms. The first-order valence-electron chi connectivity index (χ1n) is 9.80. The number of rotatable bonds is 8. The molecule has 172 valence electrons. The summed E-state index contributed by atoms with van der Waals surface area (Å²) in [7, 11) is -0.658. The van der Waals surface area contributed by atoms with Gasteiger partial charge in [-0.3, -0.25) is 9.52 Å². The highest BCUT2D eigenvalue weighted by molar-refractivity contribution is 7.92. The predicted octanol–water partition coefficient (Wildman–Crippen LogP) is 3.56. The van der Waals surface area contributed by atoms with Crippen LogP contribution >= 0.6 is 12.2 Å². The molecule has 0 bridgehead atoms. The van der Waals surface area contributed by atoms with Crippen LogP contribution in [0.1, 0.15) is 5.56 Å². The third-order valence-electron chi connectivity index (χ3n) is 4.54. The van der Waals surface area contributed by atoms with Crippen LogP contribution in [0.3, 0.4) is 0 Å². The molecule has 0 saturated heterocycles. The maximum atomic E-state index is 12.6. The van der Waals surface area contributed by atoms with Gasteiger partial charge < -0.3 is 20.1 Å². The number of carbonyl (C=O) groups is 1. The van der Waals surface area contributed by atoms with Gasteiger partial charge in [-0.15, -0.1) is 0 Å². The molecule has 0 unspecified atom stereocenters. The standard InChI is InChI=1S/C23H23N3O5S2/c1-30-19-9-3-16(4-10-19)15-22(27)25-23(32)24-17-7-13-21(14-8-17)33(28,29)26-18-5-11-20(31-2)12-6-18/h3-14,26H,15H2,1-2H3,(H2,24,25,27,32). The van der Waals surface area contributed by atoms with Crippen molar-refractivity contribution in [3.8, 4) is 11.5 Å². The molecule has 3 rings (SSSR count). The first kappa shape index (κ1) is 24.0. The molecule has 33 heavy (non-hydrogen) atoms. The maximum Gasteiger partial charge on any atom is 0.261 e. The minimum absolute atomic E-state index is 0.0818. The Hall–Kier alpha value is -3.63. The predicted molar refractivity (Wildman–Crippen MR) is 131 cm³/mol. The summed E-state index contributed by atoms with van der Waals surface area (Å²) in [6, 6.07) is 19.7. The zero-order valence-electron chi connectivity index (χ0n) is 18.0. The van der Waals surface area contributed by atoms with Gasteiger partial charge in [0.25, 0.3) is 10.0 Å². The largest absolute Gasteiger partial charge is 0.497 e. The van der Waals surface area contributed by atoms with E-state index in [0.29, 0.717) is 22.9 Å². The highest BCUT2D eigenvalue weighted by Gasteiger charge is 2.14. The molecule has 3 aromatic rings. The third-order valence-corrected chi connectivity index (χ3v) is 6.14. The van der Waals surface area contributed by atoms with Crippen molar-refractivity contribution in [2.24, 2.45) is 0 Å². The smallest absolute Gasteiger partial charge is 0.261 e. The molecule has 1 amide bonds. The van der Waals surface area contributed by atoms with Crippen molar-refractivity contribution in [2.45, 2.75) is 11.3 Å². The average Bonchev–Trinajstić information content (AvgIpc) is 2.80. The number of hydrogen-bond donors (Lipinski definition) is 3. The van der Waals surface area contributed by atoms with E-state index < -0.39 is 10.0 Å². The van der Waals surface area contributed by atoms with E-state index in [-0.39, 0.29) is 22.3 Å². The lowest BCUT2D eigenvalue weighted by Crippen LogP contribution is -2.35. The fraction of sp³-hybridized carbons (Fsp3) is 0.130. The van der Waals surface area contributed by atoms with E-state index in [1.807, 2.05) is 0 Å². The molecule has 0 radical (unpaired) electrons. The van der Waals surface area contributed by atoms with E-state index in [1.54, 1.807) is 67.8 Å². The van der Waals surface area contributed by atoms with Gasteiger partial charge in [0.15, 0.2) is 5.11 Å². The van der Waals surface area contributed by atoms with Crippen LogP contribution < -0.4 is 24.8 Å². The Labute approximate surface area is 198 Å². The van der Waals surface area contributed by atoms with Crippen molar-refractivity contribution < 1.29 is 22.7 Å². The lowest BCUT2D eigenvalue weighted by molar-refractivity contribution is -0.119. The van der Waals surface area contributed by atoms with Gasteiger partial charge in [0.2, 0.25) is 5.91 Å². The molecule has 10 heteroatoms. The number of carbonyl (C=O) groups excluding carboxylic acids is 1. The number of anilines is 2. The molecule has 0 saturated carbocycles. The van der Waals surface area contributed by atoms with Crippen molar-refractivity contribution in [3.63, 3.8) is 0 Å². The SMILES string of the molecule is COc1ccc(CC(=O)NC(=S)Nc2ccc(S(=O)(=O)Nc3ccc(OC)cc3)cc2)cc1. The first-order valence-corrected chi connectivity index (χ1v) is 11.7. The van der Waals surface area contributed by atoms with E-state index in [9.17, 15) is 13.2 Å². The minimum Gasteiger partial charge on any atom is -0.497 e. The minimum atomic E-state index is -3.77. The Balaban J connectivity index is 1.55. The number of nitrogens with one attached hydrogen (secondary N) is 3. The van der Waals surface area contributed by atoms with Gasteiger partial charge in [-0.25, -0.2) is 8.42 Å². The summed E-state index contributed by atoms with van der Waals surface area (Å²) >= 11 is 5.18. The maximum absolute atomic E-state index is 12.6. The summed E-state index contributed by atoms with van der Waals surface area (Å²) in [5.74, 6) is 1.06. The summed E-state index contributed by atoms with van der Waals surface area (Å²) in [5, 5.41) is 5.58. The lowest BCUT2D eigenvalue weighted by atomic mass is 10.1. The fourth-order valence-corrected chi connectivity index (χ4v) is 4.14. The van der Waals surface area contributed by atoms with Crippen molar-refractivity contribution in [3.05, 3.63) is 78.4 Å². The molecular weight excluding hydrogens is 462 g/mol. The van der Waals surface area contributed by atoms with E-state index in [2.05, 4.69) is 15.4 Å². The molecule has 0 aliphatic carbocycles. The van der Waals surface area contributed by atoms with Crippen LogP contribution in [0.2, 0.25) is 0 Å². The summed E-state index contributed by atoms with van der Waals surface area (Å²) in [4.78, 5) is 12.3. The van der Waals surface area contributed by atoms with Crippen molar-refractivity contribution in [1.82, 2.24) is 5.32 Å². The van der Waals surface area contributed by atoms with Gasteiger partial charge in [-0.05, 0) is 78.4 Å². The van der Waals surface area contributed by atoms with Gasteiger partial charge in [-0.2, -0.15) is 0 Å². The second kappa shape index (κ2) is 10.8. The number of amides is 1. The molecule has 8 nitrogen and oxygen atoms in total. The highest BCUT2D eigenvalue weighted by atomic mass is 32.2. The van der Waals surface area contributed by atoms with Crippen LogP contribution in [0.5, 0.6) is 11.5 Å². The second-order valence-electron chi connectivity index (χ2n) is 6.89. The summed E-state index contributed by atoms with van der Waals surface area (Å²) < 4.78 is 37.9. The topological polar surface area (TPSA) is 106 Å². The molecule has 0 aromatic heterocycles. The molecule has 0 heterocycles. The normalized spacial score (nSPS) is 10.7. The average molecular weight is 486 g/mol. The quantitative estimate of drug-likeness (QED) is 0.419. The Kier molecular flexibility index (Phi) is 7.86. The molecule has 0 aliphatic rings. The number of methoxy groups -OCH3 is 2. The first-order chi connectivity index (χ1) is 15.8. The van der Waals surface area contributed by atoms with Gasteiger partial charge in [0.1, 0.15) is 11.5 Å². The van der Waals surface area contributed by atoms with Crippen molar-refractivity contribution in [1.29, 1.82) is 0 Å². The Morgan fingerprint density at radius 1 is 0.818 bits per heavy atom. The lowest BCUT2D eigenvalue weighted by Gasteiger charge is -2.12. The Morgan fingerprint density at radius 3 is 1.88 bits per heavy atom. The van der Waals surface area contributed by atoms with E-state index in [0.717, 1.165) is 5.56 Å².